The van der Waals surface area contributed by atoms with Crippen LogP contribution in [0.2, 0.25) is 0 Å². The van der Waals surface area contributed by atoms with Crippen LogP contribution in [-0.4, -0.2) is 47.5 Å². The van der Waals surface area contributed by atoms with Gasteiger partial charge in [0.25, 0.3) is 0 Å². The highest BCUT2D eigenvalue weighted by Gasteiger charge is 2.37. The molecule has 0 saturated carbocycles. The van der Waals surface area contributed by atoms with Crippen LogP contribution in [0.25, 0.3) is 0 Å². The van der Waals surface area contributed by atoms with Crippen LogP contribution in [0.4, 0.5) is 0 Å². The number of likely N-dealkylation sites (N-methyl/N-ethyl adjacent to an activating group) is 1. The van der Waals surface area contributed by atoms with E-state index in [0.717, 1.165) is 19.4 Å². The molecular formula is C7H15NO2. The SMILES string of the molecule is CN1CCCC1(CO)CO. The van der Waals surface area contributed by atoms with Crippen LogP contribution in [0.15, 0.2) is 0 Å². The Morgan fingerprint density at radius 3 is 2.20 bits per heavy atom. The molecule has 1 aliphatic rings. The van der Waals surface area contributed by atoms with Crippen molar-refractivity contribution in [2.45, 2.75) is 18.4 Å². The van der Waals surface area contributed by atoms with Crippen LogP contribution in [-0.2, 0) is 0 Å². The van der Waals surface area contributed by atoms with Crippen molar-refractivity contribution in [3.05, 3.63) is 0 Å². The smallest absolute Gasteiger partial charge is 0.0671 e. The zero-order chi connectivity index (χ0) is 7.61. The van der Waals surface area contributed by atoms with Gasteiger partial charge in [-0.05, 0) is 26.4 Å². The lowest BCUT2D eigenvalue weighted by Crippen LogP contribution is -2.47. The molecule has 1 aliphatic heterocycles. The summed E-state index contributed by atoms with van der Waals surface area (Å²) in [5, 5.41) is 18.0. The van der Waals surface area contributed by atoms with Crippen molar-refractivity contribution in [1.29, 1.82) is 0 Å². The van der Waals surface area contributed by atoms with Gasteiger partial charge in [0.2, 0.25) is 0 Å². The molecule has 1 heterocycles. The maximum atomic E-state index is 8.99. The molecule has 0 amide bonds. The monoisotopic (exact) mass is 145 g/mol. The molecule has 0 aromatic rings. The van der Waals surface area contributed by atoms with E-state index < -0.39 is 0 Å². The van der Waals surface area contributed by atoms with Gasteiger partial charge in [0.05, 0.1) is 18.8 Å². The number of aliphatic hydroxyl groups excluding tert-OH is 2. The molecule has 0 aromatic heterocycles. The van der Waals surface area contributed by atoms with Gasteiger partial charge in [-0.1, -0.05) is 0 Å². The first-order chi connectivity index (χ1) is 4.75. The van der Waals surface area contributed by atoms with Gasteiger partial charge in [0.15, 0.2) is 0 Å². The third-order valence-corrected chi connectivity index (χ3v) is 2.53. The highest BCUT2D eigenvalue weighted by molar-refractivity contribution is 4.92. The lowest BCUT2D eigenvalue weighted by Gasteiger charge is -2.31. The maximum Gasteiger partial charge on any atom is 0.0671 e. The topological polar surface area (TPSA) is 43.7 Å². The van der Waals surface area contributed by atoms with Gasteiger partial charge in [-0.2, -0.15) is 0 Å². The summed E-state index contributed by atoms with van der Waals surface area (Å²) < 4.78 is 0. The molecule has 0 radical (unpaired) electrons. The minimum atomic E-state index is -0.319. The van der Waals surface area contributed by atoms with E-state index in [0.29, 0.717) is 0 Å². The van der Waals surface area contributed by atoms with Crippen molar-refractivity contribution in [2.75, 3.05) is 26.8 Å². The van der Waals surface area contributed by atoms with E-state index in [-0.39, 0.29) is 18.8 Å². The molecule has 0 aromatic carbocycles. The van der Waals surface area contributed by atoms with Crippen molar-refractivity contribution in [1.82, 2.24) is 4.90 Å². The summed E-state index contributed by atoms with van der Waals surface area (Å²) in [5.74, 6) is 0. The number of hydrogen-bond acceptors (Lipinski definition) is 3. The normalized spacial score (nSPS) is 25.5. The lowest BCUT2D eigenvalue weighted by atomic mass is 9.99. The molecule has 0 atom stereocenters. The van der Waals surface area contributed by atoms with Crippen LogP contribution >= 0.6 is 0 Å². The summed E-state index contributed by atoms with van der Waals surface area (Å²) >= 11 is 0. The van der Waals surface area contributed by atoms with Crippen LogP contribution < -0.4 is 0 Å². The van der Waals surface area contributed by atoms with E-state index in [4.69, 9.17) is 10.2 Å². The van der Waals surface area contributed by atoms with Gasteiger partial charge in [-0.25, -0.2) is 0 Å². The summed E-state index contributed by atoms with van der Waals surface area (Å²) in [6, 6.07) is 0. The van der Waals surface area contributed by atoms with Gasteiger partial charge in [-0.15, -0.1) is 0 Å². The summed E-state index contributed by atoms with van der Waals surface area (Å²) in [4.78, 5) is 2.03. The molecule has 2 N–H and O–H groups in total. The van der Waals surface area contributed by atoms with Crippen LogP contribution in [0.3, 0.4) is 0 Å². The third kappa shape index (κ3) is 1.05. The molecule has 0 spiro atoms. The number of nitrogens with zero attached hydrogens (tertiary/aromatic N) is 1. The highest BCUT2D eigenvalue weighted by atomic mass is 16.3. The Labute approximate surface area is 61.3 Å². The first kappa shape index (κ1) is 7.98. The van der Waals surface area contributed by atoms with Crippen molar-refractivity contribution in [3.63, 3.8) is 0 Å². The number of rotatable bonds is 2. The number of aliphatic hydroxyl groups is 2. The minimum Gasteiger partial charge on any atom is -0.394 e. The molecule has 0 aliphatic carbocycles. The second-order valence-corrected chi connectivity index (χ2v) is 3.07. The largest absolute Gasteiger partial charge is 0.394 e. The fraction of sp³-hybridized carbons (Fsp3) is 1.00. The Hall–Kier alpha value is -0.120. The number of hydrogen-bond donors (Lipinski definition) is 2. The first-order valence-corrected chi connectivity index (χ1v) is 3.68. The first-order valence-electron chi connectivity index (χ1n) is 3.68. The zero-order valence-corrected chi connectivity index (χ0v) is 6.38. The predicted octanol–water partition coefficient (Wildman–Crippen LogP) is -0.565. The zero-order valence-electron chi connectivity index (χ0n) is 6.38. The molecule has 3 heteroatoms. The van der Waals surface area contributed by atoms with Crippen molar-refractivity contribution < 1.29 is 10.2 Å². The Morgan fingerprint density at radius 1 is 1.40 bits per heavy atom. The van der Waals surface area contributed by atoms with Gasteiger partial charge >= 0.3 is 0 Å². The van der Waals surface area contributed by atoms with Gasteiger partial charge in [0.1, 0.15) is 0 Å². The Morgan fingerprint density at radius 2 is 2.00 bits per heavy atom. The number of likely N-dealkylation sites (tertiary alicyclic amines) is 1. The van der Waals surface area contributed by atoms with E-state index in [2.05, 4.69) is 0 Å². The summed E-state index contributed by atoms with van der Waals surface area (Å²) in [6.07, 6.45) is 1.99. The second kappa shape index (κ2) is 2.86. The third-order valence-electron chi connectivity index (χ3n) is 2.53. The van der Waals surface area contributed by atoms with E-state index >= 15 is 0 Å². The van der Waals surface area contributed by atoms with Crippen LogP contribution in [0, 0.1) is 0 Å². The molecule has 1 rings (SSSR count). The molecule has 10 heavy (non-hydrogen) atoms. The summed E-state index contributed by atoms with van der Waals surface area (Å²) in [6.45, 7) is 1.13. The van der Waals surface area contributed by atoms with Crippen LogP contribution in [0.1, 0.15) is 12.8 Å². The van der Waals surface area contributed by atoms with Crippen LogP contribution in [0.5, 0.6) is 0 Å². The molecule has 60 valence electrons. The Bertz CT molecular complexity index is 112. The fourth-order valence-electron chi connectivity index (χ4n) is 1.52. The predicted molar refractivity (Wildman–Crippen MR) is 38.8 cm³/mol. The van der Waals surface area contributed by atoms with Gasteiger partial charge in [0, 0.05) is 0 Å². The average molecular weight is 145 g/mol. The van der Waals surface area contributed by atoms with E-state index in [9.17, 15) is 0 Å². The lowest BCUT2D eigenvalue weighted by molar-refractivity contribution is 0.0303. The Balaban J connectivity index is 2.61. The van der Waals surface area contributed by atoms with E-state index in [1.807, 2.05) is 11.9 Å². The fourth-order valence-corrected chi connectivity index (χ4v) is 1.52. The van der Waals surface area contributed by atoms with E-state index in [1.54, 1.807) is 0 Å². The van der Waals surface area contributed by atoms with Crippen molar-refractivity contribution >= 4 is 0 Å². The van der Waals surface area contributed by atoms with Crippen molar-refractivity contribution in [3.8, 4) is 0 Å². The molecule has 0 unspecified atom stereocenters. The van der Waals surface area contributed by atoms with Crippen molar-refractivity contribution in [2.24, 2.45) is 0 Å². The molecule has 1 saturated heterocycles. The molecule has 1 fully saturated rings. The summed E-state index contributed by atoms with van der Waals surface area (Å²) in [7, 11) is 1.94. The quantitative estimate of drug-likeness (QED) is 0.547. The average Bonchev–Trinajstić information content (AvgIpc) is 2.32. The minimum absolute atomic E-state index is 0.0694. The molecule has 3 nitrogen and oxygen atoms in total. The standard InChI is InChI=1S/C7H15NO2/c1-8-4-2-3-7(8,5-9)6-10/h9-10H,2-6H2,1H3. The van der Waals surface area contributed by atoms with Gasteiger partial charge in [-0.3, -0.25) is 4.90 Å². The Kier molecular flexibility index (Phi) is 2.28. The molecular weight excluding hydrogens is 130 g/mol. The van der Waals surface area contributed by atoms with E-state index in [1.165, 1.54) is 0 Å². The second-order valence-electron chi connectivity index (χ2n) is 3.07. The maximum absolute atomic E-state index is 8.99. The molecule has 0 bridgehead atoms. The highest BCUT2D eigenvalue weighted by Crippen LogP contribution is 2.26. The van der Waals surface area contributed by atoms with Gasteiger partial charge < -0.3 is 10.2 Å². The summed E-state index contributed by atoms with van der Waals surface area (Å²) in [5.41, 5.74) is -0.319.